The number of anilines is 1. The molecule has 4 rings (SSSR count). The molecule has 0 spiro atoms. The number of aromatic nitrogens is 1. The average Bonchev–Trinajstić information content (AvgIpc) is 3.36. The molecule has 2 atom stereocenters. The molecule has 2 aromatic heterocycles. The van der Waals surface area contributed by atoms with Crippen molar-refractivity contribution in [2.75, 3.05) is 11.9 Å². The fourth-order valence-corrected chi connectivity index (χ4v) is 4.70. The van der Waals surface area contributed by atoms with E-state index in [0.29, 0.717) is 18.1 Å². The Balaban J connectivity index is 1.48. The van der Waals surface area contributed by atoms with E-state index in [1.54, 1.807) is 17.5 Å². The van der Waals surface area contributed by atoms with Gasteiger partial charge in [-0.25, -0.2) is 0 Å². The van der Waals surface area contributed by atoms with Gasteiger partial charge in [0, 0.05) is 29.7 Å². The van der Waals surface area contributed by atoms with E-state index in [2.05, 4.69) is 32.0 Å². The predicted molar refractivity (Wildman–Crippen MR) is 121 cm³/mol. The zero-order valence-electron chi connectivity index (χ0n) is 16.0. The first-order valence-corrected chi connectivity index (χ1v) is 10.8. The van der Waals surface area contributed by atoms with Crippen LogP contribution in [-0.2, 0) is 4.79 Å². The summed E-state index contributed by atoms with van der Waals surface area (Å²) in [6, 6.07) is 17.8. The number of aryl methyl sites for hydroxylation is 1. The van der Waals surface area contributed by atoms with Crippen LogP contribution in [0.25, 0.3) is 0 Å². The van der Waals surface area contributed by atoms with Gasteiger partial charge in [0.05, 0.1) is 17.8 Å². The summed E-state index contributed by atoms with van der Waals surface area (Å²) in [7, 11) is 0. The lowest BCUT2D eigenvalue weighted by Gasteiger charge is -2.26. The molecule has 1 aliphatic rings. The maximum Gasteiger partial charge on any atom is 0.226 e. The Kier molecular flexibility index (Phi) is 5.87. The number of amides is 1. The quantitative estimate of drug-likeness (QED) is 0.575. The normalized spacial score (nSPS) is 18.5. The van der Waals surface area contributed by atoms with Crippen LogP contribution >= 0.6 is 23.6 Å². The van der Waals surface area contributed by atoms with E-state index in [-0.39, 0.29) is 18.0 Å². The zero-order chi connectivity index (χ0) is 20.2. The highest BCUT2D eigenvalue weighted by Gasteiger charge is 2.40. The largest absolute Gasteiger partial charge is 0.352 e. The van der Waals surface area contributed by atoms with Crippen LogP contribution in [0.1, 0.15) is 34.6 Å². The van der Waals surface area contributed by atoms with Gasteiger partial charge in [0.2, 0.25) is 5.91 Å². The summed E-state index contributed by atoms with van der Waals surface area (Å²) in [6.45, 7) is 2.56. The lowest BCUT2D eigenvalue weighted by molar-refractivity contribution is -0.116. The lowest BCUT2D eigenvalue weighted by Crippen LogP contribution is -2.32. The maximum absolute atomic E-state index is 12.5. The van der Waals surface area contributed by atoms with E-state index in [0.717, 1.165) is 16.9 Å². The Hall–Kier alpha value is -2.77. The van der Waals surface area contributed by atoms with Gasteiger partial charge in [-0.2, -0.15) is 0 Å². The Bertz CT molecular complexity index is 974. The molecule has 29 heavy (non-hydrogen) atoms. The summed E-state index contributed by atoms with van der Waals surface area (Å²) in [4.78, 5) is 20.3. The predicted octanol–water partition coefficient (Wildman–Crippen LogP) is 4.45. The van der Waals surface area contributed by atoms with Crippen molar-refractivity contribution in [2.45, 2.75) is 25.4 Å². The zero-order valence-corrected chi connectivity index (χ0v) is 17.7. The molecule has 0 radical (unpaired) electrons. The molecule has 1 aromatic carbocycles. The van der Waals surface area contributed by atoms with Crippen molar-refractivity contribution >= 4 is 40.3 Å². The highest BCUT2D eigenvalue weighted by atomic mass is 32.1. The van der Waals surface area contributed by atoms with Gasteiger partial charge in [0.1, 0.15) is 0 Å². The van der Waals surface area contributed by atoms with Crippen LogP contribution in [0.15, 0.2) is 66.2 Å². The van der Waals surface area contributed by atoms with Gasteiger partial charge in [0.15, 0.2) is 5.11 Å². The molecule has 5 nitrogen and oxygen atoms in total. The van der Waals surface area contributed by atoms with Gasteiger partial charge < -0.3 is 15.5 Å². The van der Waals surface area contributed by atoms with Crippen molar-refractivity contribution < 1.29 is 4.79 Å². The van der Waals surface area contributed by atoms with E-state index in [9.17, 15) is 4.79 Å². The molecule has 1 saturated heterocycles. The molecule has 0 unspecified atom stereocenters. The van der Waals surface area contributed by atoms with Crippen molar-refractivity contribution in [3.05, 3.63) is 82.3 Å². The van der Waals surface area contributed by atoms with Crippen LogP contribution < -0.4 is 10.6 Å². The molecule has 7 heteroatoms. The smallest absolute Gasteiger partial charge is 0.226 e. The standard InChI is InChI=1S/C22H22N4OS2/c1-15-7-9-16(10-8-15)24-19(27)11-13-26-21(18-6-4-14-29-18)20(25-22(26)28)17-5-2-3-12-23-17/h2-10,12,14,20-21H,11,13H2,1H3,(H,24,27)(H,25,28)/t20-,21+/m1/s1. The minimum Gasteiger partial charge on any atom is -0.352 e. The van der Waals surface area contributed by atoms with Crippen molar-refractivity contribution in [2.24, 2.45) is 0 Å². The molecule has 2 N–H and O–H groups in total. The molecule has 1 amide bonds. The first-order valence-electron chi connectivity index (χ1n) is 9.50. The minimum atomic E-state index is -0.0393. The number of hydrogen-bond acceptors (Lipinski definition) is 4. The fourth-order valence-electron chi connectivity index (χ4n) is 3.50. The second-order valence-corrected chi connectivity index (χ2v) is 8.37. The molecule has 1 fully saturated rings. The monoisotopic (exact) mass is 422 g/mol. The van der Waals surface area contributed by atoms with E-state index < -0.39 is 0 Å². The first-order chi connectivity index (χ1) is 14.1. The number of thiocarbonyl (C=S) groups is 1. The number of rotatable bonds is 6. The number of pyridine rings is 1. The Morgan fingerprint density at radius 3 is 2.72 bits per heavy atom. The van der Waals surface area contributed by atoms with Gasteiger partial charge in [-0.05, 0) is 54.9 Å². The number of nitrogens with one attached hydrogen (secondary N) is 2. The third-order valence-electron chi connectivity index (χ3n) is 4.95. The number of thiophene rings is 1. The number of hydrogen-bond donors (Lipinski definition) is 2. The van der Waals surface area contributed by atoms with Crippen molar-refractivity contribution in [1.82, 2.24) is 15.2 Å². The molecule has 0 bridgehead atoms. The second-order valence-electron chi connectivity index (χ2n) is 7.00. The number of carbonyl (C=O) groups is 1. The summed E-state index contributed by atoms with van der Waals surface area (Å²) in [6.07, 6.45) is 2.15. The van der Waals surface area contributed by atoms with Gasteiger partial charge in [-0.15, -0.1) is 11.3 Å². The van der Waals surface area contributed by atoms with Crippen molar-refractivity contribution in [3.63, 3.8) is 0 Å². The minimum absolute atomic E-state index is 0.0181. The Morgan fingerprint density at radius 2 is 2.03 bits per heavy atom. The SMILES string of the molecule is Cc1ccc(NC(=O)CCN2C(=S)N[C@H](c3ccccn3)[C@@H]2c2cccs2)cc1. The summed E-state index contributed by atoms with van der Waals surface area (Å²) >= 11 is 7.32. The van der Waals surface area contributed by atoms with Crippen LogP contribution in [-0.4, -0.2) is 27.4 Å². The number of carbonyl (C=O) groups excluding carboxylic acids is 1. The molecule has 148 valence electrons. The molecular formula is C22H22N4OS2. The van der Waals surface area contributed by atoms with E-state index in [1.807, 2.05) is 55.5 Å². The summed E-state index contributed by atoms with van der Waals surface area (Å²) in [5.41, 5.74) is 2.92. The van der Waals surface area contributed by atoms with Crippen LogP contribution in [0, 0.1) is 6.92 Å². The lowest BCUT2D eigenvalue weighted by atomic mass is 10.0. The van der Waals surface area contributed by atoms with Gasteiger partial charge in [-0.1, -0.05) is 29.8 Å². The van der Waals surface area contributed by atoms with Crippen LogP contribution in [0.5, 0.6) is 0 Å². The van der Waals surface area contributed by atoms with Gasteiger partial charge in [-0.3, -0.25) is 9.78 Å². The first kappa shape index (κ1) is 19.5. The van der Waals surface area contributed by atoms with Crippen LogP contribution in [0.4, 0.5) is 5.69 Å². The molecular weight excluding hydrogens is 400 g/mol. The third kappa shape index (κ3) is 4.46. The van der Waals surface area contributed by atoms with Crippen molar-refractivity contribution in [3.8, 4) is 0 Å². The molecule has 3 heterocycles. The maximum atomic E-state index is 12.5. The summed E-state index contributed by atoms with van der Waals surface area (Å²) < 4.78 is 0. The fraction of sp³-hybridized carbons (Fsp3) is 0.227. The average molecular weight is 423 g/mol. The second kappa shape index (κ2) is 8.71. The summed E-state index contributed by atoms with van der Waals surface area (Å²) in [5.74, 6) is -0.0251. The topological polar surface area (TPSA) is 57.3 Å². The van der Waals surface area contributed by atoms with Crippen LogP contribution in [0.3, 0.4) is 0 Å². The third-order valence-corrected chi connectivity index (χ3v) is 6.24. The van der Waals surface area contributed by atoms with Crippen LogP contribution in [0.2, 0.25) is 0 Å². The number of nitrogens with zero attached hydrogens (tertiary/aromatic N) is 2. The van der Waals surface area contributed by atoms with E-state index >= 15 is 0 Å². The van der Waals surface area contributed by atoms with Gasteiger partial charge in [0.25, 0.3) is 0 Å². The van der Waals surface area contributed by atoms with Gasteiger partial charge >= 0.3 is 0 Å². The molecule has 0 aliphatic carbocycles. The number of benzene rings is 1. The highest BCUT2D eigenvalue weighted by Crippen LogP contribution is 2.40. The Morgan fingerprint density at radius 1 is 1.21 bits per heavy atom. The van der Waals surface area contributed by atoms with E-state index in [1.165, 1.54) is 4.88 Å². The summed E-state index contributed by atoms with van der Waals surface area (Å²) in [5, 5.41) is 9.09. The van der Waals surface area contributed by atoms with E-state index in [4.69, 9.17) is 12.2 Å². The molecule has 3 aromatic rings. The highest BCUT2D eigenvalue weighted by molar-refractivity contribution is 7.80. The molecule has 1 aliphatic heterocycles. The van der Waals surface area contributed by atoms with Crippen molar-refractivity contribution in [1.29, 1.82) is 0 Å². The molecule has 0 saturated carbocycles. The Labute approximate surface area is 179 Å².